The van der Waals surface area contributed by atoms with Gasteiger partial charge in [-0.15, -0.1) is 0 Å². The number of ether oxygens (including phenoxy) is 1. The molecule has 0 aromatic heterocycles. The SMILES string of the molecule is CC/C=C\CC(CCC)c1cccc(OC)c1O. The number of benzene rings is 1. The number of rotatable bonds is 7. The third-order valence-electron chi connectivity index (χ3n) is 3.15. The zero-order valence-corrected chi connectivity index (χ0v) is 11.6. The smallest absolute Gasteiger partial charge is 0.161 e. The van der Waals surface area contributed by atoms with Gasteiger partial charge in [0.1, 0.15) is 0 Å². The van der Waals surface area contributed by atoms with E-state index >= 15 is 0 Å². The number of allylic oxidation sites excluding steroid dienone is 2. The van der Waals surface area contributed by atoms with Crippen LogP contribution >= 0.6 is 0 Å². The molecular formula is C16H24O2. The number of methoxy groups -OCH3 is 1. The number of phenols is 1. The van der Waals surface area contributed by atoms with Gasteiger partial charge >= 0.3 is 0 Å². The van der Waals surface area contributed by atoms with Crippen molar-refractivity contribution < 1.29 is 9.84 Å². The topological polar surface area (TPSA) is 29.5 Å². The highest BCUT2D eigenvalue weighted by molar-refractivity contribution is 5.47. The molecule has 0 amide bonds. The molecule has 2 nitrogen and oxygen atoms in total. The first-order valence-electron chi connectivity index (χ1n) is 6.75. The summed E-state index contributed by atoms with van der Waals surface area (Å²) in [6.07, 6.45) is 8.61. The zero-order valence-electron chi connectivity index (χ0n) is 11.6. The minimum atomic E-state index is 0.295. The Balaban J connectivity index is 2.94. The van der Waals surface area contributed by atoms with E-state index in [9.17, 15) is 5.11 Å². The van der Waals surface area contributed by atoms with Crippen LogP contribution in [0.4, 0.5) is 0 Å². The molecule has 0 fully saturated rings. The van der Waals surface area contributed by atoms with Gasteiger partial charge in [0.25, 0.3) is 0 Å². The molecule has 0 aliphatic rings. The van der Waals surface area contributed by atoms with Gasteiger partial charge in [-0.3, -0.25) is 0 Å². The van der Waals surface area contributed by atoms with E-state index in [2.05, 4.69) is 26.0 Å². The maximum atomic E-state index is 10.2. The van der Waals surface area contributed by atoms with E-state index in [1.807, 2.05) is 12.1 Å². The summed E-state index contributed by atoms with van der Waals surface area (Å²) in [5.41, 5.74) is 0.997. The molecule has 0 saturated heterocycles. The number of hydrogen-bond donors (Lipinski definition) is 1. The lowest BCUT2D eigenvalue weighted by molar-refractivity contribution is 0.367. The number of phenolic OH excluding ortho intramolecular Hbond substituents is 1. The van der Waals surface area contributed by atoms with Crippen LogP contribution in [0.15, 0.2) is 30.4 Å². The second-order valence-corrected chi connectivity index (χ2v) is 4.50. The van der Waals surface area contributed by atoms with Crippen molar-refractivity contribution in [3.63, 3.8) is 0 Å². The van der Waals surface area contributed by atoms with Gasteiger partial charge in [0, 0.05) is 5.56 Å². The van der Waals surface area contributed by atoms with Crippen LogP contribution in [0.3, 0.4) is 0 Å². The van der Waals surface area contributed by atoms with E-state index in [4.69, 9.17) is 4.74 Å². The summed E-state index contributed by atoms with van der Waals surface area (Å²) < 4.78 is 5.17. The number of para-hydroxylation sites is 1. The summed E-state index contributed by atoms with van der Waals surface area (Å²) in [6.45, 7) is 4.31. The van der Waals surface area contributed by atoms with Crippen molar-refractivity contribution in [1.82, 2.24) is 0 Å². The second-order valence-electron chi connectivity index (χ2n) is 4.50. The minimum absolute atomic E-state index is 0.295. The van der Waals surface area contributed by atoms with Crippen LogP contribution in [0, 0.1) is 0 Å². The van der Waals surface area contributed by atoms with Gasteiger partial charge in [-0.25, -0.2) is 0 Å². The van der Waals surface area contributed by atoms with Crippen molar-refractivity contribution in [1.29, 1.82) is 0 Å². The van der Waals surface area contributed by atoms with Gasteiger partial charge in [0.2, 0.25) is 0 Å². The first-order chi connectivity index (χ1) is 8.74. The molecule has 1 N–H and O–H groups in total. The molecule has 0 saturated carbocycles. The normalized spacial score (nSPS) is 12.8. The Kier molecular flexibility index (Phi) is 6.34. The molecule has 1 aromatic rings. The lowest BCUT2D eigenvalue weighted by Gasteiger charge is -2.17. The molecule has 0 spiro atoms. The largest absolute Gasteiger partial charge is 0.504 e. The molecule has 18 heavy (non-hydrogen) atoms. The molecule has 1 atom stereocenters. The van der Waals surface area contributed by atoms with E-state index in [-0.39, 0.29) is 0 Å². The first kappa shape index (κ1) is 14.6. The van der Waals surface area contributed by atoms with Crippen molar-refractivity contribution in [2.24, 2.45) is 0 Å². The maximum absolute atomic E-state index is 10.2. The number of aromatic hydroxyl groups is 1. The standard InChI is InChI=1S/C16H24O2/c1-4-6-7-10-13(9-5-2)14-11-8-12-15(18-3)16(14)17/h6-8,11-13,17H,4-5,9-10H2,1-3H3/b7-6-. The predicted molar refractivity (Wildman–Crippen MR) is 76.4 cm³/mol. The highest BCUT2D eigenvalue weighted by Crippen LogP contribution is 2.37. The summed E-state index contributed by atoms with van der Waals surface area (Å²) >= 11 is 0. The van der Waals surface area contributed by atoms with Crippen LogP contribution in [-0.4, -0.2) is 12.2 Å². The van der Waals surface area contributed by atoms with Crippen LogP contribution < -0.4 is 4.74 Å². The molecule has 0 aliphatic heterocycles. The van der Waals surface area contributed by atoms with E-state index in [1.54, 1.807) is 13.2 Å². The maximum Gasteiger partial charge on any atom is 0.161 e. The molecule has 2 heteroatoms. The van der Waals surface area contributed by atoms with Crippen molar-refractivity contribution in [2.75, 3.05) is 7.11 Å². The van der Waals surface area contributed by atoms with Crippen LogP contribution in [0.5, 0.6) is 11.5 Å². The summed E-state index contributed by atoms with van der Waals surface area (Å²) in [5, 5.41) is 10.2. The summed E-state index contributed by atoms with van der Waals surface area (Å²) in [7, 11) is 1.59. The molecule has 0 bridgehead atoms. The fourth-order valence-electron chi connectivity index (χ4n) is 2.21. The Morgan fingerprint density at radius 1 is 1.28 bits per heavy atom. The molecule has 100 valence electrons. The fourth-order valence-corrected chi connectivity index (χ4v) is 2.21. The molecule has 1 aromatic carbocycles. The van der Waals surface area contributed by atoms with Gasteiger partial charge in [0.05, 0.1) is 7.11 Å². The van der Waals surface area contributed by atoms with Crippen LogP contribution in [-0.2, 0) is 0 Å². The lowest BCUT2D eigenvalue weighted by atomic mass is 9.90. The van der Waals surface area contributed by atoms with Crippen molar-refractivity contribution in [2.45, 2.75) is 45.4 Å². The summed E-state index contributed by atoms with van der Waals surface area (Å²) in [6, 6.07) is 5.74. The Morgan fingerprint density at radius 2 is 2.06 bits per heavy atom. The van der Waals surface area contributed by atoms with E-state index < -0.39 is 0 Å². The lowest BCUT2D eigenvalue weighted by Crippen LogP contribution is -1.99. The highest BCUT2D eigenvalue weighted by Gasteiger charge is 2.16. The van der Waals surface area contributed by atoms with Gasteiger partial charge in [-0.2, -0.15) is 0 Å². The summed E-state index contributed by atoms with van der Waals surface area (Å²) in [4.78, 5) is 0. The van der Waals surface area contributed by atoms with E-state index in [0.717, 1.165) is 31.2 Å². The number of hydrogen-bond acceptors (Lipinski definition) is 2. The molecule has 1 rings (SSSR count). The fraction of sp³-hybridized carbons (Fsp3) is 0.500. The molecule has 0 aliphatic carbocycles. The van der Waals surface area contributed by atoms with Gasteiger partial charge in [-0.05, 0) is 31.2 Å². The van der Waals surface area contributed by atoms with Crippen LogP contribution in [0.25, 0.3) is 0 Å². The van der Waals surface area contributed by atoms with Crippen LogP contribution in [0.1, 0.15) is 51.0 Å². The monoisotopic (exact) mass is 248 g/mol. The average molecular weight is 248 g/mol. The van der Waals surface area contributed by atoms with E-state index in [1.165, 1.54) is 0 Å². The van der Waals surface area contributed by atoms with Crippen molar-refractivity contribution in [3.8, 4) is 11.5 Å². The summed E-state index contributed by atoms with van der Waals surface area (Å²) in [5.74, 6) is 1.23. The molecule has 0 radical (unpaired) electrons. The van der Waals surface area contributed by atoms with Gasteiger partial charge in [0.15, 0.2) is 11.5 Å². The Labute approximate surface area is 110 Å². The molecule has 1 unspecified atom stereocenters. The van der Waals surface area contributed by atoms with Crippen LogP contribution in [0.2, 0.25) is 0 Å². The minimum Gasteiger partial charge on any atom is -0.504 e. The van der Waals surface area contributed by atoms with Gasteiger partial charge < -0.3 is 9.84 Å². The molecule has 0 heterocycles. The Hall–Kier alpha value is -1.44. The van der Waals surface area contributed by atoms with Gasteiger partial charge in [-0.1, -0.05) is 44.6 Å². The highest BCUT2D eigenvalue weighted by atomic mass is 16.5. The third-order valence-corrected chi connectivity index (χ3v) is 3.15. The second kappa shape index (κ2) is 7.80. The van der Waals surface area contributed by atoms with E-state index in [0.29, 0.717) is 17.4 Å². The average Bonchev–Trinajstić information content (AvgIpc) is 2.38. The Morgan fingerprint density at radius 3 is 2.67 bits per heavy atom. The first-order valence-corrected chi connectivity index (χ1v) is 6.75. The van der Waals surface area contributed by atoms with Crippen molar-refractivity contribution >= 4 is 0 Å². The zero-order chi connectivity index (χ0) is 13.4. The quantitative estimate of drug-likeness (QED) is 0.712. The predicted octanol–water partition coefficient (Wildman–Crippen LogP) is 4.64. The van der Waals surface area contributed by atoms with Crippen molar-refractivity contribution in [3.05, 3.63) is 35.9 Å². The Bertz CT molecular complexity index is 383. The third kappa shape index (κ3) is 3.80. The molecular weight excluding hydrogens is 224 g/mol.